The van der Waals surface area contributed by atoms with E-state index in [1.807, 2.05) is 18.2 Å². The SMILES string of the molecule is CC1CN(CCCOc2ccccc2C#N)CC(C)(C)O1. The van der Waals surface area contributed by atoms with Crippen molar-refractivity contribution in [2.75, 3.05) is 26.2 Å². The van der Waals surface area contributed by atoms with Gasteiger partial charge in [-0.25, -0.2) is 0 Å². The number of para-hydroxylation sites is 1. The molecule has 0 bridgehead atoms. The first-order chi connectivity index (χ1) is 10.00. The number of ether oxygens (including phenoxy) is 2. The molecule has 0 spiro atoms. The molecule has 0 saturated carbocycles. The van der Waals surface area contributed by atoms with Gasteiger partial charge in [0.2, 0.25) is 0 Å². The summed E-state index contributed by atoms with van der Waals surface area (Å²) in [4.78, 5) is 2.42. The van der Waals surface area contributed by atoms with Crippen LogP contribution in [0.2, 0.25) is 0 Å². The van der Waals surface area contributed by atoms with E-state index in [1.165, 1.54) is 0 Å². The van der Waals surface area contributed by atoms with Gasteiger partial charge in [0, 0.05) is 19.6 Å². The molecule has 0 amide bonds. The third kappa shape index (κ3) is 4.73. The maximum atomic E-state index is 9.01. The van der Waals surface area contributed by atoms with E-state index in [4.69, 9.17) is 14.7 Å². The van der Waals surface area contributed by atoms with Crippen molar-refractivity contribution >= 4 is 0 Å². The van der Waals surface area contributed by atoms with Crippen LogP contribution in [0.15, 0.2) is 24.3 Å². The minimum atomic E-state index is -0.0774. The number of benzene rings is 1. The van der Waals surface area contributed by atoms with Crippen LogP contribution in [0.1, 0.15) is 32.8 Å². The van der Waals surface area contributed by atoms with E-state index in [1.54, 1.807) is 6.07 Å². The monoisotopic (exact) mass is 288 g/mol. The summed E-state index contributed by atoms with van der Waals surface area (Å²) in [6.45, 7) is 9.93. The maximum absolute atomic E-state index is 9.01. The van der Waals surface area contributed by atoms with Crippen LogP contribution >= 0.6 is 0 Å². The van der Waals surface area contributed by atoms with E-state index in [0.717, 1.165) is 26.1 Å². The highest BCUT2D eigenvalue weighted by atomic mass is 16.5. The van der Waals surface area contributed by atoms with Gasteiger partial charge in [0.15, 0.2) is 0 Å². The first-order valence-electron chi connectivity index (χ1n) is 7.52. The summed E-state index contributed by atoms with van der Waals surface area (Å²) in [5.41, 5.74) is 0.519. The second kappa shape index (κ2) is 6.93. The molecule has 1 saturated heterocycles. The van der Waals surface area contributed by atoms with Crippen LogP contribution in [0.25, 0.3) is 0 Å². The normalized spacial score (nSPS) is 21.7. The fourth-order valence-electron chi connectivity index (χ4n) is 2.91. The largest absolute Gasteiger partial charge is 0.492 e. The van der Waals surface area contributed by atoms with Crippen molar-refractivity contribution in [3.8, 4) is 11.8 Å². The van der Waals surface area contributed by atoms with Gasteiger partial charge in [-0.3, -0.25) is 4.90 Å². The Morgan fingerprint density at radius 3 is 2.90 bits per heavy atom. The van der Waals surface area contributed by atoms with Crippen LogP contribution in [0.4, 0.5) is 0 Å². The van der Waals surface area contributed by atoms with Crippen molar-refractivity contribution in [2.24, 2.45) is 0 Å². The molecule has 1 aliphatic rings. The molecule has 0 radical (unpaired) electrons. The van der Waals surface area contributed by atoms with Gasteiger partial charge >= 0.3 is 0 Å². The smallest absolute Gasteiger partial charge is 0.137 e. The van der Waals surface area contributed by atoms with E-state index in [2.05, 4.69) is 31.7 Å². The second-order valence-electron chi connectivity index (χ2n) is 6.23. The van der Waals surface area contributed by atoms with Gasteiger partial charge in [-0.15, -0.1) is 0 Å². The van der Waals surface area contributed by atoms with Gasteiger partial charge in [-0.2, -0.15) is 5.26 Å². The molecule has 0 N–H and O–H groups in total. The topological polar surface area (TPSA) is 45.5 Å². The Morgan fingerprint density at radius 2 is 2.19 bits per heavy atom. The lowest BCUT2D eigenvalue weighted by atomic mass is 10.1. The highest BCUT2D eigenvalue weighted by molar-refractivity contribution is 5.42. The predicted molar refractivity (Wildman–Crippen MR) is 82.3 cm³/mol. The molecule has 1 fully saturated rings. The van der Waals surface area contributed by atoms with E-state index in [9.17, 15) is 0 Å². The Kier molecular flexibility index (Phi) is 5.22. The standard InChI is InChI=1S/C17H24N2O2/c1-14-12-19(13-17(2,3)21-14)9-6-10-20-16-8-5-4-7-15(16)11-18/h4-5,7-8,14H,6,9-10,12-13H2,1-3H3. The molecule has 0 aromatic heterocycles. The van der Waals surface area contributed by atoms with Gasteiger partial charge in [0.05, 0.1) is 23.9 Å². The summed E-state index contributed by atoms with van der Waals surface area (Å²) in [7, 11) is 0. The summed E-state index contributed by atoms with van der Waals surface area (Å²) in [5.74, 6) is 0.677. The average Bonchev–Trinajstić information content (AvgIpc) is 2.42. The summed E-state index contributed by atoms with van der Waals surface area (Å²) in [6.07, 6.45) is 1.22. The van der Waals surface area contributed by atoms with Crippen molar-refractivity contribution in [3.63, 3.8) is 0 Å². The Labute approximate surface area is 127 Å². The quantitative estimate of drug-likeness (QED) is 0.782. The number of nitrogens with zero attached hydrogens (tertiary/aromatic N) is 2. The van der Waals surface area contributed by atoms with Crippen LogP contribution in [0.5, 0.6) is 5.75 Å². The zero-order chi connectivity index (χ0) is 15.3. The summed E-state index contributed by atoms with van der Waals surface area (Å²) in [6, 6.07) is 9.52. The van der Waals surface area contributed by atoms with Crippen molar-refractivity contribution in [2.45, 2.75) is 38.9 Å². The first kappa shape index (κ1) is 15.8. The zero-order valence-corrected chi connectivity index (χ0v) is 13.1. The van der Waals surface area contributed by atoms with Gasteiger partial charge in [-0.1, -0.05) is 12.1 Å². The van der Waals surface area contributed by atoms with E-state index < -0.39 is 0 Å². The summed E-state index contributed by atoms with van der Waals surface area (Å²) >= 11 is 0. The summed E-state index contributed by atoms with van der Waals surface area (Å²) < 4.78 is 11.6. The molecule has 0 aliphatic carbocycles. The van der Waals surface area contributed by atoms with E-state index in [0.29, 0.717) is 17.9 Å². The molecule has 21 heavy (non-hydrogen) atoms. The number of morpholine rings is 1. The molecule has 1 aromatic carbocycles. The number of rotatable bonds is 5. The zero-order valence-electron chi connectivity index (χ0n) is 13.1. The third-order valence-electron chi connectivity index (χ3n) is 3.52. The number of hydrogen-bond donors (Lipinski definition) is 0. The molecule has 1 heterocycles. The van der Waals surface area contributed by atoms with Gasteiger partial charge in [-0.05, 0) is 39.3 Å². The Bertz CT molecular complexity index is 508. The van der Waals surface area contributed by atoms with Gasteiger partial charge in [0.1, 0.15) is 11.8 Å². The maximum Gasteiger partial charge on any atom is 0.137 e. The lowest BCUT2D eigenvalue weighted by molar-refractivity contribution is -0.129. The van der Waals surface area contributed by atoms with Crippen molar-refractivity contribution < 1.29 is 9.47 Å². The van der Waals surface area contributed by atoms with E-state index in [-0.39, 0.29) is 11.7 Å². The Morgan fingerprint density at radius 1 is 1.43 bits per heavy atom. The number of hydrogen-bond acceptors (Lipinski definition) is 4. The van der Waals surface area contributed by atoms with Crippen LogP contribution in [-0.2, 0) is 4.74 Å². The fourth-order valence-corrected chi connectivity index (χ4v) is 2.91. The molecule has 1 aromatic rings. The van der Waals surface area contributed by atoms with Crippen LogP contribution < -0.4 is 4.74 Å². The summed E-state index contributed by atoms with van der Waals surface area (Å²) in [5, 5.41) is 9.01. The minimum Gasteiger partial charge on any atom is -0.492 e. The van der Waals surface area contributed by atoms with Gasteiger partial charge < -0.3 is 9.47 Å². The molecule has 2 rings (SSSR count). The molecule has 1 atom stereocenters. The molecule has 4 nitrogen and oxygen atoms in total. The van der Waals surface area contributed by atoms with E-state index >= 15 is 0 Å². The highest BCUT2D eigenvalue weighted by Gasteiger charge is 2.30. The molecule has 4 heteroatoms. The average molecular weight is 288 g/mol. The first-order valence-corrected chi connectivity index (χ1v) is 7.52. The Balaban J connectivity index is 1.76. The van der Waals surface area contributed by atoms with Crippen LogP contribution in [0, 0.1) is 11.3 Å². The molecule has 1 aliphatic heterocycles. The van der Waals surface area contributed by atoms with Crippen molar-refractivity contribution in [1.82, 2.24) is 4.90 Å². The van der Waals surface area contributed by atoms with Crippen molar-refractivity contribution in [1.29, 1.82) is 5.26 Å². The fraction of sp³-hybridized carbons (Fsp3) is 0.588. The van der Waals surface area contributed by atoms with Crippen molar-refractivity contribution in [3.05, 3.63) is 29.8 Å². The molecule has 114 valence electrons. The highest BCUT2D eigenvalue weighted by Crippen LogP contribution is 2.21. The van der Waals surface area contributed by atoms with Gasteiger partial charge in [0.25, 0.3) is 0 Å². The molecule has 1 unspecified atom stereocenters. The lowest BCUT2D eigenvalue weighted by Crippen LogP contribution is -2.52. The second-order valence-corrected chi connectivity index (χ2v) is 6.23. The van der Waals surface area contributed by atoms with Crippen LogP contribution in [0.3, 0.4) is 0 Å². The Hall–Kier alpha value is -1.57. The molecular weight excluding hydrogens is 264 g/mol. The third-order valence-corrected chi connectivity index (χ3v) is 3.52. The lowest BCUT2D eigenvalue weighted by Gasteiger charge is -2.41. The minimum absolute atomic E-state index is 0.0774. The van der Waals surface area contributed by atoms with Crippen LogP contribution in [-0.4, -0.2) is 42.8 Å². The number of nitriles is 1. The predicted octanol–water partition coefficient (Wildman–Crippen LogP) is 2.83. The molecular formula is C17H24N2O2.